The summed E-state index contributed by atoms with van der Waals surface area (Å²) in [5.41, 5.74) is 0.949. The molecule has 31 heavy (non-hydrogen) atoms. The van der Waals surface area contributed by atoms with Crippen LogP contribution in [0.2, 0.25) is 0 Å². The molecule has 1 saturated carbocycles. The fourth-order valence-electron chi connectivity index (χ4n) is 3.50. The van der Waals surface area contributed by atoms with Crippen molar-refractivity contribution >= 4 is 22.8 Å². The molecule has 1 amide bonds. The molecule has 2 aromatic heterocycles. The van der Waals surface area contributed by atoms with E-state index < -0.39 is 0 Å². The van der Waals surface area contributed by atoms with Crippen LogP contribution < -0.4 is 14.8 Å². The predicted octanol–water partition coefficient (Wildman–Crippen LogP) is 4.05. The molecule has 8 heteroatoms. The Morgan fingerprint density at radius 3 is 2.58 bits per heavy atom. The summed E-state index contributed by atoms with van der Waals surface area (Å²) in [5.74, 6) is 2.57. The fraction of sp³-hybridized carbons (Fsp3) is 0.435. The van der Waals surface area contributed by atoms with Gasteiger partial charge in [0.15, 0.2) is 0 Å². The number of methoxy groups -OCH3 is 1. The molecule has 2 heterocycles. The first-order valence-electron chi connectivity index (χ1n) is 10.5. The van der Waals surface area contributed by atoms with Gasteiger partial charge in [-0.15, -0.1) is 0 Å². The zero-order valence-electron chi connectivity index (χ0n) is 18.4. The number of hydrogen-bond donors (Lipinski definition) is 1. The van der Waals surface area contributed by atoms with Gasteiger partial charge in [0.25, 0.3) is 5.91 Å². The second-order valence-corrected chi connectivity index (χ2v) is 8.03. The summed E-state index contributed by atoms with van der Waals surface area (Å²) >= 11 is 0. The number of furan rings is 1. The largest absolute Gasteiger partial charge is 0.497 e. The Hall–Kier alpha value is -3.29. The second kappa shape index (κ2) is 8.45. The van der Waals surface area contributed by atoms with Crippen molar-refractivity contribution in [3.8, 4) is 11.5 Å². The molecule has 0 bridgehead atoms. The number of nitrogens with zero attached hydrogens (tertiary/aromatic N) is 3. The molecule has 8 nitrogen and oxygen atoms in total. The van der Waals surface area contributed by atoms with E-state index >= 15 is 0 Å². The maximum Gasteiger partial charge on any atom is 0.258 e. The number of benzene rings is 1. The quantitative estimate of drug-likeness (QED) is 0.554. The van der Waals surface area contributed by atoms with Gasteiger partial charge in [-0.1, -0.05) is 0 Å². The minimum Gasteiger partial charge on any atom is -0.497 e. The van der Waals surface area contributed by atoms with Crippen molar-refractivity contribution in [3.05, 3.63) is 41.9 Å². The van der Waals surface area contributed by atoms with E-state index in [4.69, 9.17) is 13.9 Å². The lowest BCUT2D eigenvalue weighted by atomic mass is 10.1. The van der Waals surface area contributed by atoms with Gasteiger partial charge in [-0.2, -0.15) is 0 Å². The molecule has 0 radical (unpaired) electrons. The van der Waals surface area contributed by atoms with Crippen LogP contribution in [-0.4, -0.2) is 53.1 Å². The van der Waals surface area contributed by atoms with E-state index in [9.17, 15) is 4.79 Å². The number of ether oxygens (including phenoxy) is 2. The van der Waals surface area contributed by atoms with Gasteiger partial charge in [0.2, 0.25) is 5.71 Å². The Morgan fingerprint density at radius 1 is 1.23 bits per heavy atom. The molecule has 4 rings (SSSR count). The molecule has 1 aliphatic rings. The van der Waals surface area contributed by atoms with E-state index in [1.165, 1.54) is 6.33 Å². The van der Waals surface area contributed by atoms with Crippen LogP contribution >= 0.6 is 0 Å². The lowest BCUT2D eigenvalue weighted by Crippen LogP contribution is -2.34. The average molecular weight is 425 g/mol. The van der Waals surface area contributed by atoms with Crippen LogP contribution in [0.3, 0.4) is 0 Å². The molecule has 0 atom stereocenters. The summed E-state index contributed by atoms with van der Waals surface area (Å²) in [5, 5.41) is 4.10. The van der Waals surface area contributed by atoms with Crippen LogP contribution in [0, 0.1) is 6.92 Å². The molecule has 1 fully saturated rings. The van der Waals surface area contributed by atoms with Gasteiger partial charge in [-0.05, 0) is 57.9 Å². The van der Waals surface area contributed by atoms with Gasteiger partial charge in [0.1, 0.15) is 36.0 Å². The van der Waals surface area contributed by atoms with Crippen molar-refractivity contribution < 1.29 is 18.7 Å². The van der Waals surface area contributed by atoms with Gasteiger partial charge >= 0.3 is 0 Å². The first-order chi connectivity index (χ1) is 14.9. The van der Waals surface area contributed by atoms with Gasteiger partial charge < -0.3 is 24.1 Å². The van der Waals surface area contributed by atoms with E-state index in [1.807, 2.05) is 31.2 Å². The molecule has 0 spiro atoms. The van der Waals surface area contributed by atoms with Crippen molar-refractivity contribution in [1.82, 2.24) is 14.9 Å². The third kappa shape index (κ3) is 4.42. The van der Waals surface area contributed by atoms with Gasteiger partial charge in [-0.3, -0.25) is 4.79 Å². The lowest BCUT2D eigenvalue weighted by Gasteiger charge is -2.21. The number of likely N-dealkylation sites (N-methyl/N-ethyl adjacent to an activating group) is 1. The molecular formula is C23H28N4O4. The van der Waals surface area contributed by atoms with Gasteiger partial charge in [-0.25, -0.2) is 9.97 Å². The average Bonchev–Trinajstić information content (AvgIpc) is 3.39. The third-order valence-electron chi connectivity index (χ3n) is 5.66. The Bertz CT molecular complexity index is 1070. The number of nitrogens with one attached hydrogen (secondary N) is 1. The Labute approximate surface area is 181 Å². The normalized spacial score (nSPS) is 14.3. The number of anilines is 1. The van der Waals surface area contributed by atoms with Crippen molar-refractivity contribution in [2.75, 3.05) is 32.1 Å². The smallest absolute Gasteiger partial charge is 0.258 e. The number of fused-ring (bicyclic) bond motifs is 1. The number of rotatable bonds is 9. The maximum absolute atomic E-state index is 13.4. The molecular weight excluding hydrogens is 396 g/mol. The summed E-state index contributed by atoms with van der Waals surface area (Å²) in [6.07, 6.45) is 3.61. The molecule has 1 N–H and O–H groups in total. The van der Waals surface area contributed by atoms with Crippen molar-refractivity contribution in [2.45, 2.75) is 39.2 Å². The standard InChI is InChI=1S/C23H28N4O4/c1-5-27(12-13-30-17-8-6-16(29-4)7-9-17)22(28)18-15(2)31-21-19(18)20(24-14-25-21)26-23(3)10-11-23/h6-9,14H,5,10-13H2,1-4H3,(H,24,25,26). The Kier molecular flexibility index (Phi) is 5.71. The zero-order chi connectivity index (χ0) is 22.0. The minimum absolute atomic E-state index is 0.0173. The number of amides is 1. The molecule has 0 saturated heterocycles. The highest BCUT2D eigenvalue weighted by Gasteiger charge is 2.38. The highest BCUT2D eigenvalue weighted by molar-refractivity contribution is 6.10. The number of aryl methyl sites for hydroxylation is 1. The first-order valence-corrected chi connectivity index (χ1v) is 10.5. The van der Waals surface area contributed by atoms with E-state index in [0.717, 1.165) is 24.3 Å². The fourth-order valence-corrected chi connectivity index (χ4v) is 3.50. The van der Waals surface area contributed by atoms with Crippen LogP contribution in [0.4, 0.5) is 5.82 Å². The van der Waals surface area contributed by atoms with Crippen molar-refractivity contribution in [2.24, 2.45) is 0 Å². The van der Waals surface area contributed by atoms with Gasteiger partial charge in [0.05, 0.1) is 24.6 Å². The monoisotopic (exact) mass is 424 g/mol. The number of carbonyl (C=O) groups excluding carboxylic acids is 1. The SMILES string of the molecule is CCN(CCOc1ccc(OC)cc1)C(=O)c1c(C)oc2ncnc(NC3(C)CC3)c12. The van der Waals surface area contributed by atoms with Crippen molar-refractivity contribution in [1.29, 1.82) is 0 Å². The van der Waals surface area contributed by atoms with Gasteiger partial charge in [0, 0.05) is 12.1 Å². The molecule has 0 unspecified atom stereocenters. The van der Waals surface area contributed by atoms with Crippen LogP contribution in [0.1, 0.15) is 42.8 Å². The lowest BCUT2D eigenvalue weighted by molar-refractivity contribution is 0.0739. The Morgan fingerprint density at radius 2 is 1.94 bits per heavy atom. The first kappa shape index (κ1) is 21.0. The Balaban J connectivity index is 1.51. The third-order valence-corrected chi connectivity index (χ3v) is 5.66. The molecule has 164 valence electrons. The summed E-state index contributed by atoms with van der Waals surface area (Å²) in [4.78, 5) is 23.8. The maximum atomic E-state index is 13.4. The van der Waals surface area contributed by atoms with E-state index in [1.54, 1.807) is 18.9 Å². The van der Waals surface area contributed by atoms with Crippen LogP contribution in [-0.2, 0) is 0 Å². The van der Waals surface area contributed by atoms with Crippen molar-refractivity contribution in [3.63, 3.8) is 0 Å². The summed E-state index contributed by atoms with van der Waals surface area (Å²) in [7, 11) is 1.62. The topological polar surface area (TPSA) is 89.7 Å². The summed E-state index contributed by atoms with van der Waals surface area (Å²) in [6.45, 7) is 7.25. The van der Waals surface area contributed by atoms with E-state index in [-0.39, 0.29) is 11.4 Å². The molecule has 1 aliphatic carbocycles. The predicted molar refractivity (Wildman–Crippen MR) is 118 cm³/mol. The van der Waals surface area contributed by atoms with Crippen LogP contribution in [0.25, 0.3) is 11.1 Å². The number of aromatic nitrogens is 2. The van der Waals surface area contributed by atoms with E-state index in [2.05, 4.69) is 22.2 Å². The number of carbonyl (C=O) groups is 1. The van der Waals surface area contributed by atoms with Crippen LogP contribution in [0.5, 0.6) is 11.5 Å². The molecule has 0 aliphatic heterocycles. The van der Waals surface area contributed by atoms with Crippen LogP contribution in [0.15, 0.2) is 35.0 Å². The highest BCUT2D eigenvalue weighted by atomic mass is 16.5. The summed E-state index contributed by atoms with van der Waals surface area (Å²) in [6, 6.07) is 7.37. The molecule has 3 aromatic rings. The number of hydrogen-bond acceptors (Lipinski definition) is 7. The zero-order valence-corrected chi connectivity index (χ0v) is 18.4. The van der Waals surface area contributed by atoms with E-state index in [0.29, 0.717) is 47.9 Å². The molecule has 1 aromatic carbocycles. The minimum atomic E-state index is -0.115. The second-order valence-electron chi connectivity index (χ2n) is 8.03. The highest BCUT2D eigenvalue weighted by Crippen LogP contribution is 2.40. The summed E-state index contributed by atoms with van der Waals surface area (Å²) < 4.78 is 16.8.